The number of aryl methyl sites for hydroxylation is 3. The van der Waals surface area contributed by atoms with Crippen LogP contribution in [0, 0.1) is 13.8 Å². The summed E-state index contributed by atoms with van der Waals surface area (Å²) in [5.41, 5.74) is 5.49. The topological polar surface area (TPSA) is 112 Å². The largest absolute Gasteiger partial charge is 0.495 e. The molecule has 0 atom stereocenters. The molecular formula is C38H47N7O4. The number of para-hydroxylation sites is 1. The highest BCUT2D eigenvalue weighted by atomic mass is 16.5. The first kappa shape index (κ1) is 35.2. The van der Waals surface area contributed by atoms with Gasteiger partial charge in [0, 0.05) is 69.3 Å². The number of nitrogens with one attached hydrogen (secondary N) is 2. The SMILES string of the molecule is CCN(CC)C(=O)CCc1cccc(Oc2nc(Nc3ccc(N4CCN(C)CC4)c(OC)c3)ncc2C(=O)Nc2c(C)cccc2C)c1. The van der Waals surface area contributed by atoms with Crippen LogP contribution in [0.1, 0.15) is 47.3 Å². The van der Waals surface area contributed by atoms with Gasteiger partial charge < -0.3 is 34.8 Å². The Morgan fingerprint density at radius 2 is 1.65 bits per heavy atom. The Balaban J connectivity index is 1.41. The molecular weight excluding hydrogens is 618 g/mol. The molecule has 49 heavy (non-hydrogen) atoms. The first-order chi connectivity index (χ1) is 23.7. The summed E-state index contributed by atoms with van der Waals surface area (Å²) < 4.78 is 12.1. The van der Waals surface area contributed by atoms with E-state index in [4.69, 9.17) is 9.47 Å². The van der Waals surface area contributed by atoms with E-state index in [1.165, 1.54) is 6.20 Å². The van der Waals surface area contributed by atoms with Gasteiger partial charge in [0.25, 0.3) is 5.91 Å². The number of rotatable bonds is 13. The van der Waals surface area contributed by atoms with E-state index in [9.17, 15) is 9.59 Å². The average molecular weight is 666 g/mol. The minimum absolute atomic E-state index is 0.0960. The van der Waals surface area contributed by atoms with E-state index in [0.717, 1.165) is 65.7 Å². The molecule has 11 heteroatoms. The number of anilines is 4. The molecule has 1 aliphatic rings. The lowest BCUT2D eigenvalue weighted by atomic mass is 10.1. The Kier molecular flexibility index (Phi) is 11.7. The van der Waals surface area contributed by atoms with Crippen LogP contribution in [-0.2, 0) is 11.2 Å². The molecule has 4 aromatic rings. The van der Waals surface area contributed by atoms with Crippen LogP contribution in [0.15, 0.2) is 66.9 Å². The van der Waals surface area contributed by atoms with Crippen molar-refractivity contribution in [2.24, 2.45) is 0 Å². The third kappa shape index (κ3) is 8.85. The van der Waals surface area contributed by atoms with Gasteiger partial charge in [-0.25, -0.2) is 4.98 Å². The summed E-state index contributed by atoms with van der Waals surface area (Å²) in [6, 6.07) is 19.3. The maximum Gasteiger partial charge on any atom is 0.262 e. The molecule has 3 aromatic carbocycles. The fraction of sp³-hybridized carbons (Fsp3) is 0.368. The number of carbonyl (C=O) groups is 2. The van der Waals surface area contributed by atoms with Gasteiger partial charge in [-0.2, -0.15) is 4.98 Å². The molecule has 0 unspecified atom stereocenters. The molecule has 0 spiro atoms. The van der Waals surface area contributed by atoms with Gasteiger partial charge in [0.1, 0.15) is 17.1 Å². The minimum atomic E-state index is -0.391. The van der Waals surface area contributed by atoms with Crippen LogP contribution in [0.25, 0.3) is 0 Å². The van der Waals surface area contributed by atoms with Crippen molar-refractivity contribution in [1.82, 2.24) is 19.8 Å². The normalized spacial score (nSPS) is 13.1. The smallest absolute Gasteiger partial charge is 0.262 e. The van der Waals surface area contributed by atoms with Gasteiger partial charge in [-0.05, 0) is 82.1 Å². The number of carbonyl (C=O) groups excluding carboxylic acids is 2. The van der Waals surface area contributed by atoms with E-state index in [-0.39, 0.29) is 23.3 Å². The van der Waals surface area contributed by atoms with Crippen LogP contribution in [0.3, 0.4) is 0 Å². The summed E-state index contributed by atoms with van der Waals surface area (Å²) in [5, 5.41) is 6.28. The number of hydrogen-bond donors (Lipinski definition) is 2. The van der Waals surface area contributed by atoms with E-state index in [1.807, 2.05) is 87.2 Å². The van der Waals surface area contributed by atoms with Crippen molar-refractivity contribution in [3.63, 3.8) is 0 Å². The van der Waals surface area contributed by atoms with Gasteiger partial charge in [0.05, 0.1) is 12.8 Å². The van der Waals surface area contributed by atoms with Crippen LogP contribution in [-0.4, -0.2) is 85.0 Å². The number of amides is 2. The molecule has 1 aliphatic heterocycles. The quantitative estimate of drug-likeness (QED) is 0.167. The molecule has 0 aliphatic carbocycles. The highest BCUT2D eigenvalue weighted by Gasteiger charge is 2.21. The number of benzene rings is 3. The molecule has 2 heterocycles. The first-order valence-corrected chi connectivity index (χ1v) is 16.9. The highest BCUT2D eigenvalue weighted by Crippen LogP contribution is 2.34. The second-order valence-electron chi connectivity index (χ2n) is 12.3. The standard InChI is InChI=1S/C38H47N7O4/c1-7-44(8-2)34(46)18-15-28-13-10-14-30(23-28)49-37-31(36(47)41-35-26(3)11-9-12-27(35)4)25-39-38(42-37)40-29-16-17-32(33(24-29)48-6)45-21-19-43(5)20-22-45/h9-14,16-17,23-25H,7-8,15,18-22H2,1-6H3,(H,41,47)(H,39,40,42). The number of methoxy groups -OCH3 is 1. The van der Waals surface area contributed by atoms with Gasteiger partial charge >= 0.3 is 0 Å². The summed E-state index contributed by atoms with van der Waals surface area (Å²) in [6.07, 6.45) is 2.43. The van der Waals surface area contributed by atoms with Gasteiger partial charge in [-0.15, -0.1) is 0 Å². The molecule has 5 rings (SSSR count). The van der Waals surface area contributed by atoms with E-state index < -0.39 is 5.91 Å². The van der Waals surface area contributed by atoms with Gasteiger partial charge in [-0.3, -0.25) is 9.59 Å². The molecule has 2 amide bonds. The molecule has 0 bridgehead atoms. The molecule has 258 valence electrons. The lowest BCUT2D eigenvalue weighted by Crippen LogP contribution is -2.44. The van der Waals surface area contributed by atoms with Crippen molar-refractivity contribution in [3.05, 3.63) is 89.1 Å². The number of nitrogens with zero attached hydrogens (tertiary/aromatic N) is 5. The fourth-order valence-corrected chi connectivity index (χ4v) is 5.91. The summed E-state index contributed by atoms with van der Waals surface area (Å²) in [5.74, 6) is 1.32. The fourth-order valence-electron chi connectivity index (χ4n) is 5.91. The minimum Gasteiger partial charge on any atom is -0.495 e. The van der Waals surface area contributed by atoms with E-state index in [1.54, 1.807) is 13.2 Å². The molecule has 2 N–H and O–H groups in total. The molecule has 0 radical (unpaired) electrons. The van der Waals surface area contributed by atoms with Crippen LogP contribution in [0.4, 0.5) is 23.0 Å². The highest BCUT2D eigenvalue weighted by molar-refractivity contribution is 6.06. The van der Waals surface area contributed by atoms with Gasteiger partial charge in [-0.1, -0.05) is 30.3 Å². The van der Waals surface area contributed by atoms with Crippen molar-refractivity contribution in [3.8, 4) is 17.4 Å². The maximum absolute atomic E-state index is 13.7. The monoisotopic (exact) mass is 665 g/mol. The summed E-state index contributed by atoms with van der Waals surface area (Å²) in [7, 11) is 3.80. The number of piperazine rings is 1. The second kappa shape index (κ2) is 16.3. The lowest BCUT2D eigenvalue weighted by Gasteiger charge is -2.34. The van der Waals surface area contributed by atoms with Crippen molar-refractivity contribution >= 4 is 34.8 Å². The Hall–Kier alpha value is -5.16. The zero-order valence-corrected chi connectivity index (χ0v) is 29.4. The number of aromatic nitrogens is 2. The van der Waals surface area contributed by atoms with E-state index in [0.29, 0.717) is 31.7 Å². The Bertz CT molecular complexity index is 1750. The summed E-state index contributed by atoms with van der Waals surface area (Å²) >= 11 is 0. The predicted molar refractivity (Wildman–Crippen MR) is 195 cm³/mol. The lowest BCUT2D eigenvalue weighted by molar-refractivity contribution is -0.130. The number of hydrogen-bond acceptors (Lipinski definition) is 9. The zero-order valence-electron chi connectivity index (χ0n) is 29.4. The Morgan fingerprint density at radius 3 is 2.35 bits per heavy atom. The summed E-state index contributed by atoms with van der Waals surface area (Å²) in [6.45, 7) is 13.0. The average Bonchev–Trinajstić information content (AvgIpc) is 3.10. The van der Waals surface area contributed by atoms with Crippen molar-refractivity contribution in [1.29, 1.82) is 0 Å². The first-order valence-electron chi connectivity index (χ1n) is 16.9. The zero-order chi connectivity index (χ0) is 34.9. The van der Waals surface area contributed by atoms with E-state index in [2.05, 4.69) is 37.4 Å². The van der Waals surface area contributed by atoms with Crippen molar-refractivity contribution < 1.29 is 19.1 Å². The Labute approximate surface area is 289 Å². The summed E-state index contributed by atoms with van der Waals surface area (Å²) in [4.78, 5) is 42.0. The second-order valence-corrected chi connectivity index (χ2v) is 12.3. The molecule has 11 nitrogen and oxygen atoms in total. The van der Waals surface area contributed by atoms with Crippen LogP contribution in [0.2, 0.25) is 0 Å². The third-order valence-corrected chi connectivity index (χ3v) is 8.85. The Morgan fingerprint density at radius 1 is 0.939 bits per heavy atom. The maximum atomic E-state index is 13.7. The molecule has 1 saturated heterocycles. The third-order valence-electron chi connectivity index (χ3n) is 8.85. The molecule has 1 aromatic heterocycles. The van der Waals surface area contributed by atoms with Crippen molar-refractivity contribution in [2.75, 3.05) is 69.0 Å². The van der Waals surface area contributed by atoms with Crippen molar-refractivity contribution in [2.45, 2.75) is 40.5 Å². The molecule has 1 fully saturated rings. The van der Waals surface area contributed by atoms with Gasteiger partial charge in [0.2, 0.25) is 17.7 Å². The van der Waals surface area contributed by atoms with Crippen LogP contribution < -0.4 is 25.0 Å². The van der Waals surface area contributed by atoms with Crippen LogP contribution in [0.5, 0.6) is 17.4 Å². The number of ether oxygens (including phenoxy) is 2. The van der Waals surface area contributed by atoms with Gasteiger partial charge in [0.15, 0.2) is 0 Å². The predicted octanol–water partition coefficient (Wildman–Crippen LogP) is 6.44. The van der Waals surface area contributed by atoms with Crippen LogP contribution >= 0.6 is 0 Å². The van der Waals surface area contributed by atoms with E-state index >= 15 is 0 Å². The number of likely N-dealkylation sites (N-methyl/N-ethyl adjacent to an activating group) is 1. The molecule has 0 saturated carbocycles.